The van der Waals surface area contributed by atoms with Crippen LogP contribution in [0.15, 0.2) is 0 Å². The molecule has 0 aromatic rings. The fourth-order valence-electron chi connectivity index (χ4n) is 0.897. The molecule has 10 heavy (non-hydrogen) atoms. The van der Waals surface area contributed by atoms with E-state index in [0.717, 1.165) is 13.2 Å². The molecule has 2 atom stereocenters. The first-order valence-corrected chi connectivity index (χ1v) is 4.50. The van der Waals surface area contributed by atoms with Gasteiger partial charge in [0.05, 0.1) is 13.2 Å². The maximum absolute atomic E-state index is 5.32. The molecule has 1 aliphatic heterocycles. The molecule has 0 aliphatic carbocycles. The van der Waals surface area contributed by atoms with E-state index in [1.165, 1.54) is 0 Å². The number of hydrogen-bond donors (Lipinski definition) is 0. The molecule has 0 spiro atoms. The quantitative estimate of drug-likeness (QED) is 0.645. The minimum Gasteiger partial charge on any atom is -0.350 e. The molecule has 0 radical (unpaired) electrons. The highest BCUT2D eigenvalue weighted by Crippen LogP contribution is 2.21. The maximum Gasteiger partial charge on any atom is 0.161 e. The number of hydrogen-bond acceptors (Lipinski definition) is 2. The molecule has 0 amide bonds. The minimum atomic E-state index is 0.00868. The minimum absolute atomic E-state index is 0.00868. The SMILES string of the molecule is C[C@H](Br)[C@@H](C)C1OCCO1. The van der Waals surface area contributed by atoms with Gasteiger partial charge in [0.25, 0.3) is 0 Å². The molecular weight excluding hydrogens is 196 g/mol. The van der Waals surface area contributed by atoms with Gasteiger partial charge in [0, 0.05) is 10.7 Å². The third-order valence-corrected chi connectivity index (χ3v) is 2.64. The van der Waals surface area contributed by atoms with E-state index < -0.39 is 0 Å². The molecule has 0 saturated carbocycles. The lowest BCUT2D eigenvalue weighted by atomic mass is 10.1. The highest BCUT2D eigenvalue weighted by atomic mass is 79.9. The van der Waals surface area contributed by atoms with Crippen LogP contribution in [0.2, 0.25) is 0 Å². The van der Waals surface area contributed by atoms with Crippen molar-refractivity contribution < 1.29 is 9.47 Å². The van der Waals surface area contributed by atoms with Crippen molar-refractivity contribution in [1.29, 1.82) is 0 Å². The Morgan fingerprint density at radius 2 is 1.80 bits per heavy atom. The second kappa shape index (κ2) is 3.69. The van der Waals surface area contributed by atoms with Crippen molar-refractivity contribution in [1.82, 2.24) is 0 Å². The van der Waals surface area contributed by atoms with Crippen LogP contribution in [-0.4, -0.2) is 24.3 Å². The average molecular weight is 209 g/mol. The molecule has 1 saturated heterocycles. The van der Waals surface area contributed by atoms with Gasteiger partial charge in [0.1, 0.15) is 0 Å². The molecule has 0 aromatic carbocycles. The van der Waals surface area contributed by atoms with Crippen molar-refractivity contribution in [3.05, 3.63) is 0 Å². The first-order chi connectivity index (χ1) is 4.72. The first kappa shape index (κ1) is 8.50. The largest absolute Gasteiger partial charge is 0.350 e. The van der Waals surface area contributed by atoms with Gasteiger partial charge in [-0.3, -0.25) is 0 Å². The summed E-state index contributed by atoms with van der Waals surface area (Å²) in [5.41, 5.74) is 0. The van der Waals surface area contributed by atoms with Gasteiger partial charge in [-0.15, -0.1) is 0 Å². The zero-order valence-electron chi connectivity index (χ0n) is 6.34. The topological polar surface area (TPSA) is 18.5 Å². The van der Waals surface area contributed by atoms with Crippen LogP contribution < -0.4 is 0 Å². The first-order valence-electron chi connectivity index (χ1n) is 3.59. The van der Waals surface area contributed by atoms with Crippen LogP contribution in [0.3, 0.4) is 0 Å². The van der Waals surface area contributed by atoms with E-state index in [9.17, 15) is 0 Å². The normalized spacial score (nSPS) is 26.7. The lowest BCUT2D eigenvalue weighted by Gasteiger charge is -2.19. The summed E-state index contributed by atoms with van der Waals surface area (Å²) in [5.74, 6) is 0.433. The van der Waals surface area contributed by atoms with Crippen molar-refractivity contribution in [3.63, 3.8) is 0 Å². The third kappa shape index (κ3) is 1.94. The average Bonchev–Trinajstić information content (AvgIpc) is 2.36. The monoisotopic (exact) mass is 208 g/mol. The predicted octanol–water partition coefficient (Wildman–Crippen LogP) is 1.78. The van der Waals surface area contributed by atoms with Crippen molar-refractivity contribution in [2.24, 2.45) is 5.92 Å². The van der Waals surface area contributed by atoms with Gasteiger partial charge in [-0.25, -0.2) is 0 Å². The van der Waals surface area contributed by atoms with E-state index in [-0.39, 0.29) is 6.29 Å². The summed E-state index contributed by atoms with van der Waals surface area (Å²) in [6, 6.07) is 0. The van der Waals surface area contributed by atoms with Crippen molar-refractivity contribution in [3.8, 4) is 0 Å². The Morgan fingerprint density at radius 1 is 1.30 bits per heavy atom. The summed E-state index contributed by atoms with van der Waals surface area (Å²) in [6.07, 6.45) is 0.00868. The lowest BCUT2D eigenvalue weighted by Crippen LogP contribution is -2.24. The Labute approximate surface area is 70.0 Å². The van der Waals surface area contributed by atoms with Gasteiger partial charge in [0.15, 0.2) is 6.29 Å². The number of alkyl halides is 1. The van der Waals surface area contributed by atoms with E-state index in [0.29, 0.717) is 10.7 Å². The molecule has 2 nitrogen and oxygen atoms in total. The second-order valence-corrected chi connectivity index (χ2v) is 4.09. The summed E-state index contributed by atoms with van der Waals surface area (Å²) in [5, 5.41) is 0. The lowest BCUT2D eigenvalue weighted by molar-refractivity contribution is -0.0770. The highest BCUT2D eigenvalue weighted by Gasteiger charge is 2.25. The Kier molecular flexibility index (Phi) is 3.14. The number of ether oxygens (including phenoxy) is 2. The standard InChI is InChI=1S/C7H13BrO2/c1-5(6(2)8)7-9-3-4-10-7/h5-7H,3-4H2,1-2H3/t5-,6+/m1/s1. The maximum atomic E-state index is 5.32. The van der Waals surface area contributed by atoms with Crippen molar-refractivity contribution >= 4 is 15.9 Å². The Hall–Kier alpha value is 0.400. The predicted molar refractivity (Wildman–Crippen MR) is 43.2 cm³/mol. The molecule has 0 unspecified atom stereocenters. The Bertz CT molecular complexity index is 99.8. The molecule has 1 aliphatic rings. The smallest absolute Gasteiger partial charge is 0.161 e. The van der Waals surface area contributed by atoms with Gasteiger partial charge in [-0.05, 0) is 0 Å². The summed E-state index contributed by atoms with van der Waals surface area (Å²) in [6.45, 7) is 5.72. The molecule has 0 aromatic heterocycles. The molecule has 1 heterocycles. The van der Waals surface area contributed by atoms with Gasteiger partial charge >= 0.3 is 0 Å². The summed E-state index contributed by atoms with van der Waals surface area (Å²) < 4.78 is 10.6. The van der Waals surface area contributed by atoms with Crippen LogP contribution in [0.25, 0.3) is 0 Å². The van der Waals surface area contributed by atoms with Crippen LogP contribution in [0.4, 0.5) is 0 Å². The number of rotatable bonds is 2. The Balaban J connectivity index is 2.32. The molecule has 1 fully saturated rings. The van der Waals surface area contributed by atoms with Crippen LogP contribution >= 0.6 is 15.9 Å². The number of halogens is 1. The van der Waals surface area contributed by atoms with Gasteiger partial charge in [-0.2, -0.15) is 0 Å². The fourth-order valence-corrected chi connectivity index (χ4v) is 1.15. The van der Waals surface area contributed by atoms with E-state index in [1.54, 1.807) is 0 Å². The van der Waals surface area contributed by atoms with Crippen LogP contribution in [0.5, 0.6) is 0 Å². The molecular formula is C7H13BrO2. The van der Waals surface area contributed by atoms with E-state index in [4.69, 9.17) is 9.47 Å². The molecule has 0 bridgehead atoms. The van der Waals surface area contributed by atoms with Gasteiger partial charge in [0.2, 0.25) is 0 Å². The zero-order chi connectivity index (χ0) is 7.56. The van der Waals surface area contributed by atoms with Crippen molar-refractivity contribution in [2.75, 3.05) is 13.2 Å². The molecule has 3 heteroatoms. The molecule has 60 valence electrons. The van der Waals surface area contributed by atoms with E-state index in [2.05, 4.69) is 29.8 Å². The van der Waals surface area contributed by atoms with E-state index in [1.807, 2.05) is 0 Å². The third-order valence-electron chi connectivity index (χ3n) is 1.80. The van der Waals surface area contributed by atoms with Gasteiger partial charge in [-0.1, -0.05) is 29.8 Å². The van der Waals surface area contributed by atoms with Crippen molar-refractivity contribution in [2.45, 2.75) is 25.0 Å². The highest BCUT2D eigenvalue weighted by molar-refractivity contribution is 9.09. The molecule has 1 rings (SSSR count). The second-order valence-electron chi connectivity index (χ2n) is 2.65. The van der Waals surface area contributed by atoms with E-state index >= 15 is 0 Å². The summed E-state index contributed by atoms with van der Waals surface area (Å²) in [7, 11) is 0. The van der Waals surface area contributed by atoms with Crippen LogP contribution in [-0.2, 0) is 9.47 Å². The zero-order valence-corrected chi connectivity index (χ0v) is 7.93. The summed E-state index contributed by atoms with van der Waals surface area (Å²) >= 11 is 3.49. The summed E-state index contributed by atoms with van der Waals surface area (Å²) in [4.78, 5) is 0.454. The van der Waals surface area contributed by atoms with Gasteiger partial charge < -0.3 is 9.47 Å². The fraction of sp³-hybridized carbons (Fsp3) is 1.00. The van der Waals surface area contributed by atoms with Crippen LogP contribution in [0, 0.1) is 5.92 Å². The molecule has 0 N–H and O–H groups in total. The Morgan fingerprint density at radius 3 is 2.20 bits per heavy atom. The van der Waals surface area contributed by atoms with Crippen LogP contribution in [0.1, 0.15) is 13.8 Å².